The van der Waals surface area contributed by atoms with Crippen LogP contribution in [0.25, 0.3) is 11.1 Å². The number of nitrogens with two attached hydrogens (primary N) is 2. The summed E-state index contributed by atoms with van der Waals surface area (Å²) < 4.78 is 0. The van der Waals surface area contributed by atoms with Crippen LogP contribution in [-0.4, -0.2) is 12.7 Å². The Balaban J connectivity index is 0.000000372. The van der Waals surface area contributed by atoms with Crippen molar-refractivity contribution in [2.75, 3.05) is 0 Å². The Bertz CT molecular complexity index is 512. The molecule has 6 N–H and O–H groups in total. The maximum absolute atomic E-state index is 6.00. The van der Waals surface area contributed by atoms with Crippen molar-refractivity contribution in [1.82, 2.24) is 0 Å². The van der Waals surface area contributed by atoms with Crippen molar-refractivity contribution in [1.29, 1.82) is 11.1 Å². The van der Waals surface area contributed by atoms with Gasteiger partial charge in [-0.25, -0.2) is 11.1 Å². The van der Waals surface area contributed by atoms with Gasteiger partial charge in [0, 0.05) is 0 Å². The van der Waals surface area contributed by atoms with Gasteiger partial charge in [-0.2, -0.15) is 10.2 Å². The Morgan fingerprint density at radius 3 is 1.14 bits per heavy atom. The van der Waals surface area contributed by atoms with Crippen LogP contribution in [0.1, 0.15) is 0 Å². The molecule has 0 saturated heterocycles. The van der Waals surface area contributed by atoms with E-state index in [0.717, 1.165) is 12.7 Å². The second-order valence-electron chi connectivity index (χ2n) is 3.52. The summed E-state index contributed by atoms with van der Waals surface area (Å²) in [5.74, 6) is 8.99. The van der Waals surface area contributed by atoms with Crippen LogP contribution in [0.5, 0.6) is 0 Å². The Labute approximate surface area is 128 Å². The summed E-state index contributed by atoms with van der Waals surface area (Å²) in [6.07, 6.45) is 1.89. The second kappa shape index (κ2) is 14.0. The van der Waals surface area contributed by atoms with Crippen molar-refractivity contribution < 1.29 is 0 Å². The van der Waals surface area contributed by atoms with E-state index in [1.807, 2.05) is 12.1 Å². The predicted molar refractivity (Wildman–Crippen MR) is 87.5 cm³/mol. The number of hydrogen-bond acceptors (Lipinski definition) is 6. The SMILES string of the molecule is N=NC=NN.N=NC=NN.c1ccc(-c2ccccc2)cc1. The number of hydrogen-bond donors (Lipinski definition) is 4. The lowest BCUT2D eigenvalue weighted by molar-refractivity contribution is 1.17. The number of rotatable bonds is 3. The van der Waals surface area contributed by atoms with Crippen LogP contribution >= 0.6 is 0 Å². The minimum Gasteiger partial charge on any atom is -0.322 e. The molecule has 22 heavy (non-hydrogen) atoms. The van der Waals surface area contributed by atoms with Crippen molar-refractivity contribution >= 4 is 12.7 Å². The molecule has 2 aromatic carbocycles. The molecule has 8 nitrogen and oxygen atoms in total. The summed E-state index contributed by atoms with van der Waals surface area (Å²) >= 11 is 0. The third kappa shape index (κ3) is 9.50. The maximum Gasteiger partial charge on any atom is 0.156 e. The van der Waals surface area contributed by atoms with Gasteiger partial charge in [0.25, 0.3) is 0 Å². The van der Waals surface area contributed by atoms with E-state index in [0.29, 0.717) is 0 Å². The van der Waals surface area contributed by atoms with E-state index in [1.165, 1.54) is 11.1 Å². The van der Waals surface area contributed by atoms with Gasteiger partial charge in [-0.3, -0.25) is 0 Å². The van der Waals surface area contributed by atoms with Crippen LogP contribution < -0.4 is 11.7 Å². The Morgan fingerprint density at radius 1 is 0.636 bits per heavy atom. The molecule has 0 aliphatic heterocycles. The highest BCUT2D eigenvalue weighted by molar-refractivity contribution is 5.62. The van der Waals surface area contributed by atoms with Crippen LogP contribution in [-0.2, 0) is 0 Å². The van der Waals surface area contributed by atoms with Gasteiger partial charge in [0.2, 0.25) is 0 Å². The summed E-state index contributed by atoms with van der Waals surface area (Å²) in [5, 5.41) is 11.1. The van der Waals surface area contributed by atoms with Gasteiger partial charge in [-0.05, 0) is 11.1 Å². The van der Waals surface area contributed by atoms with E-state index < -0.39 is 0 Å². The van der Waals surface area contributed by atoms with Crippen molar-refractivity contribution in [3.8, 4) is 11.1 Å². The van der Waals surface area contributed by atoms with Gasteiger partial charge in [-0.15, -0.1) is 10.2 Å². The minimum absolute atomic E-state index is 0.944. The fraction of sp³-hybridized carbons (Fsp3) is 0. The molecule has 0 unspecified atom stereocenters. The van der Waals surface area contributed by atoms with E-state index in [9.17, 15) is 0 Å². The van der Waals surface area contributed by atoms with Gasteiger partial charge in [0.1, 0.15) is 0 Å². The molecular weight excluding hydrogens is 280 g/mol. The zero-order valence-electron chi connectivity index (χ0n) is 11.9. The monoisotopic (exact) mass is 298 g/mol. The lowest BCUT2D eigenvalue weighted by Gasteiger charge is -1.98. The van der Waals surface area contributed by atoms with Crippen LogP contribution in [0.4, 0.5) is 0 Å². The van der Waals surface area contributed by atoms with Gasteiger partial charge in [-0.1, -0.05) is 60.7 Å². The molecule has 0 heterocycles. The topological polar surface area (TPSA) is 149 Å². The summed E-state index contributed by atoms with van der Waals surface area (Å²) in [7, 11) is 0. The first-order chi connectivity index (χ1) is 10.8. The first-order valence-corrected chi connectivity index (χ1v) is 6.07. The van der Waals surface area contributed by atoms with E-state index in [4.69, 9.17) is 11.1 Å². The highest BCUT2D eigenvalue weighted by Crippen LogP contribution is 2.17. The first kappa shape index (κ1) is 18.6. The van der Waals surface area contributed by atoms with Gasteiger partial charge in [0.15, 0.2) is 12.7 Å². The van der Waals surface area contributed by atoms with Crippen LogP contribution in [0, 0.1) is 11.1 Å². The molecule has 114 valence electrons. The fourth-order valence-corrected chi connectivity index (χ4v) is 1.33. The lowest BCUT2D eigenvalue weighted by atomic mass is 10.1. The van der Waals surface area contributed by atoms with Crippen molar-refractivity contribution in [2.24, 2.45) is 32.1 Å². The second-order valence-corrected chi connectivity index (χ2v) is 3.52. The molecule has 2 aromatic rings. The molecule has 0 saturated carbocycles. The summed E-state index contributed by atoms with van der Waals surface area (Å²) in [5.41, 5.74) is 14.5. The maximum atomic E-state index is 6.00. The number of benzene rings is 2. The summed E-state index contributed by atoms with van der Waals surface area (Å²) in [6.45, 7) is 0. The van der Waals surface area contributed by atoms with Gasteiger partial charge >= 0.3 is 0 Å². The molecule has 0 aliphatic carbocycles. The molecule has 0 aromatic heterocycles. The minimum atomic E-state index is 0.944. The normalized spacial score (nSPS) is 9.27. The molecule has 0 amide bonds. The Morgan fingerprint density at radius 2 is 0.955 bits per heavy atom. The standard InChI is InChI=1S/C12H10.2CH4N4/c1-3-7-11(8-4-1)12-9-5-2-6-10-12;2*2-4-1-5-3/h1-10H;2*1-2H,3H2. The first-order valence-electron chi connectivity index (χ1n) is 6.07. The molecule has 0 atom stereocenters. The molecule has 0 radical (unpaired) electrons. The van der Waals surface area contributed by atoms with Crippen molar-refractivity contribution in [3.63, 3.8) is 0 Å². The number of hydrazone groups is 2. The average molecular weight is 298 g/mol. The molecule has 0 aliphatic rings. The molecular formula is C14H18N8. The quantitative estimate of drug-likeness (QED) is 0.226. The fourth-order valence-electron chi connectivity index (χ4n) is 1.33. The van der Waals surface area contributed by atoms with Crippen LogP contribution in [0.3, 0.4) is 0 Å². The number of nitrogens with one attached hydrogen (secondary N) is 2. The zero-order chi connectivity index (χ0) is 16.5. The largest absolute Gasteiger partial charge is 0.322 e. The molecule has 0 bridgehead atoms. The van der Waals surface area contributed by atoms with Crippen LogP contribution in [0.2, 0.25) is 0 Å². The average Bonchev–Trinajstić information content (AvgIpc) is 2.59. The lowest BCUT2D eigenvalue weighted by Crippen LogP contribution is -1.75. The third-order valence-electron chi connectivity index (χ3n) is 2.13. The molecule has 2 rings (SSSR count). The highest BCUT2D eigenvalue weighted by Gasteiger charge is 1.91. The zero-order valence-corrected chi connectivity index (χ0v) is 11.9. The predicted octanol–water partition coefficient (Wildman–Crippen LogP) is 3.19. The molecule has 0 spiro atoms. The highest BCUT2D eigenvalue weighted by atomic mass is 15.2. The Kier molecular flexibility index (Phi) is 11.8. The summed E-state index contributed by atoms with van der Waals surface area (Å²) in [4.78, 5) is 0. The Hall–Kier alpha value is -3.42. The van der Waals surface area contributed by atoms with E-state index in [1.54, 1.807) is 0 Å². The molecule has 0 fully saturated rings. The van der Waals surface area contributed by atoms with Gasteiger partial charge in [0.05, 0.1) is 0 Å². The summed E-state index contributed by atoms with van der Waals surface area (Å²) in [6, 6.07) is 20.8. The van der Waals surface area contributed by atoms with E-state index in [2.05, 4.69) is 80.6 Å². The van der Waals surface area contributed by atoms with E-state index in [-0.39, 0.29) is 0 Å². The number of nitrogens with zero attached hydrogens (tertiary/aromatic N) is 4. The van der Waals surface area contributed by atoms with Crippen molar-refractivity contribution in [2.45, 2.75) is 0 Å². The van der Waals surface area contributed by atoms with Gasteiger partial charge < -0.3 is 11.7 Å². The van der Waals surface area contributed by atoms with E-state index >= 15 is 0 Å². The third-order valence-corrected chi connectivity index (χ3v) is 2.13. The van der Waals surface area contributed by atoms with Crippen molar-refractivity contribution in [3.05, 3.63) is 60.7 Å². The smallest absolute Gasteiger partial charge is 0.156 e. The van der Waals surface area contributed by atoms with Crippen LogP contribution in [0.15, 0.2) is 81.1 Å². The molecule has 8 heteroatoms.